The molecule has 0 unspecified atom stereocenters. The van der Waals surface area contributed by atoms with Crippen molar-refractivity contribution in [1.82, 2.24) is 24.8 Å². The van der Waals surface area contributed by atoms with Gasteiger partial charge in [0.2, 0.25) is 5.91 Å². The van der Waals surface area contributed by atoms with Gasteiger partial charge >= 0.3 is 0 Å². The van der Waals surface area contributed by atoms with Crippen LogP contribution in [-0.2, 0) is 16.1 Å². The molecule has 0 radical (unpaired) electrons. The molecular weight excluding hydrogens is 376 g/mol. The minimum absolute atomic E-state index is 0.156. The quantitative estimate of drug-likeness (QED) is 0.458. The van der Waals surface area contributed by atoms with Gasteiger partial charge in [0, 0.05) is 13.0 Å². The number of rotatable bonds is 6. The van der Waals surface area contributed by atoms with Crippen LogP contribution in [-0.4, -0.2) is 54.0 Å². The lowest BCUT2D eigenvalue weighted by molar-refractivity contribution is -0.122. The number of nitrogens with zero attached hydrogens (tertiary/aromatic N) is 4. The lowest BCUT2D eigenvalue weighted by atomic mass is 10.1. The van der Waals surface area contributed by atoms with Crippen molar-refractivity contribution in [3.8, 4) is 0 Å². The fourth-order valence-electron chi connectivity index (χ4n) is 3.41. The highest BCUT2D eigenvalue weighted by Crippen LogP contribution is 2.33. The maximum Gasteiger partial charge on any atom is 0.220 e. The van der Waals surface area contributed by atoms with E-state index < -0.39 is 24.5 Å². The van der Waals surface area contributed by atoms with Gasteiger partial charge in [0.15, 0.2) is 17.7 Å². The van der Waals surface area contributed by atoms with E-state index in [2.05, 4.69) is 20.3 Å². The number of ether oxygens (including phenoxy) is 1. The summed E-state index contributed by atoms with van der Waals surface area (Å²) in [5.74, 6) is 0.0598. The lowest BCUT2D eigenvalue weighted by Gasteiger charge is -2.16. The van der Waals surface area contributed by atoms with Crippen LogP contribution in [0.15, 0.2) is 43.0 Å². The molecule has 1 saturated heterocycles. The van der Waals surface area contributed by atoms with Crippen molar-refractivity contribution >= 4 is 22.9 Å². The van der Waals surface area contributed by atoms with Gasteiger partial charge in [-0.25, -0.2) is 15.0 Å². The second-order valence-electron chi connectivity index (χ2n) is 6.93. The van der Waals surface area contributed by atoms with Crippen LogP contribution in [0.3, 0.4) is 0 Å². The lowest BCUT2D eigenvalue weighted by Crippen LogP contribution is -2.32. The SMILES string of the molecule is Nc1ncnc2c1ncn2[C@@H]1O[C@H](CCC(=O)NCc2ccccc2)[C@@H](O)[C@H]1O. The first-order valence-corrected chi connectivity index (χ1v) is 9.30. The van der Waals surface area contributed by atoms with Crippen molar-refractivity contribution in [3.05, 3.63) is 48.5 Å². The van der Waals surface area contributed by atoms with Gasteiger partial charge in [0.25, 0.3) is 0 Å². The Bertz CT molecular complexity index is 995. The van der Waals surface area contributed by atoms with Crippen LogP contribution in [0, 0.1) is 0 Å². The molecule has 29 heavy (non-hydrogen) atoms. The number of aliphatic hydroxyl groups is 2. The number of hydrogen-bond acceptors (Lipinski definition) is 8. The molecule has 0 spiro atoms. The average molecular weight is 398 g/mol. The number of nitrogens with one attached hydrogen (secondary N) is 1. The third kappa shape index (κ3) is 3.90. The fraction of sp³-hybridized carbons (Fsp3) is 0.368. The molecule has 3 aromatic rings. The van der Waals surface area contributed by atoms with Gasteiger partial charge in [-0.2, -0.15) is 0 Å². The summed E-state index contributed by atoms with van der Waals surface area (Å²) in [6, 6.07) is 9.58. The molecular formula is C19H22N6O4. The van der Waals surface area contributed by atoms with E-state index in [1.165, 1.54) is 17.2 Å². The van der Waals surface area contributed by atoms with E-state index in [0.717, 1.165) is 5.56 Å². The molecule has 0 saturated carbocycles. The van der Waals surface area contributed by atoms with Gasteiger partial charge in [-0.05, 0) is 12.0 Å². The van der Waals surface area contributed by atoms with E-state index in [0.29, 0.717) is 17.7 Å². The monoisotopic (exact) mass is 398 g/mol. The minimum Gasteiger partial charge on any atom is -0.388 e. The summed E-state index contributed by atoms with van der Waals surface area (Å²) in [6.45, 7) is 0.432. The minimum atomic E-state index is -1.19. The summed E-state index contributed by atoms with van der Waals surface area (Å²) in [4.78, 5) is 24.3. The first-order valence-electron chi connectivity index (χ1n) is 9.30. The summed E-state index contributed by atoms with van der Waals surface area (Å²) < 4.78 is 7.34. The Morgan fingerprint density at radius 1 is 1.17 bits per heavy atom. The highest BCUT2D eigenvalue weighted by molar-refractivity contribution is 5.81. The second kappa shape index (κ2) is 8.11. The van der Waals surface area contributed by atoms with Gasteiger partial charge in [-0.1, -0.05) is 30.3 Å². The standard InChI is InChI=1S/C19H22N6O4/c20-17-14-18(23-9-22-17)25(10-24-14)19-16(28)15(27)12(29-19)6-7-13(26)21-8-11-4-2-1-3-5-11/h1-5,9-10,12,15-16,19,27-28H,6-8H2,(H,21,26)(H2,20,22,23)/t12-,15-,16-,19-/m1/s1. The molecule has 4 atom stereocenters. The van der Waals surface area contributed by atoms with E-state index in [1.807, 2.05) is 30.3 Å². The van der Waals surface area contributed by atoms with Crippen LogP contribution in [0.5, 0.6) is 0 Å². The number of fused-ring (bicyclic) bond motifs is 1. The second-order valence-corrected chi connectivity index (χ2v) is 6.93. The average Bonchev–Trinajstić information content (AvgIpc) is 3.28. The van der Waals surface area contributed by atoms with E-state index in [4.69, 9.17) is 10.5 Å². The topological polar surface area (TPSA) is 148 Å². The number of imidazole rings is 1. The number of hydrogen-bond donors (Lipinski definition) is 4. The first-order chi connectivity index (χ1) is 14.0. The zero-order valence-electron chi connectivity index (χ0n) is 15.5. The van der Waals surface area contributed by atoms with Crippen LogP contribution in [0.1, 0.15) is 24.6 Å². The molecule has 4 rings (SSSR count). The molecule has 3 heterocycles. The molecule has 1 aliphatic rings. The number of carbonyl (C=O) groups is 1. The number of aliphatic hydroxyl groups excluding tert-OH is 2. The molecule has 10 heteroatoms. The molecule has 10 nitrogen and oxygen atoms in total. The van der Waals surface area contributed by atoms with Crippen molar-refractivity contribution in [3.63, 3.8) is 0 Å². The fourth-order valence-corrected chi connectivity index (χ4v) is 3.41. The van der Waals surface area contributed by atoms with E-state index in [9.17, 15) is 15.0 Å². The molecule has 1 aromatic carbocycles. The molecule has 5 N–H and O–H groups in total. The first kappa shape index (κ1) is 19.2. The molecule has 1 amide bonds. The van der Waals surface area contributed by atoms with Crippen molar-refractivity contribution in [1.29, 1.82) is 0 Å². The Balaban J connectivity index is 1.37. The maximum absolute atomic E-state index is 12.1. The van der Waals surface area contributed by atoms with Gasteiger partial charge in [-0.15, -0.1) is 0 Å². The summed E-state index contributed by atoms with van der Waals surface area (Å²) in [5.41, 5.74) is 7.57. The molecule has 0 aliphatic carbocycles. The number of amides is 1. The van der Waals surface area contributed by atoms with E-state index in [1.54, 1.807) is 0 Å². The molecule has 1 aliphatic heterocycles. The van der Waals surface area contributed by atoms with Crippen molar-refractivity contribution < 1.29 is 19.7 Å². The van der Waals surface area contributed by atoms with Gasteiger partial charge in [0.05, 0.1) is 12.4 Å². The smallest absolute Gasteiger partial charge is 0.220 e. The number of carbonyl (C=O) groups excluding carboxylic acids is 1. The summed E-state index contributed by atoms with van der Waals surface area (Å²) in [6.07, 6.45) is -0.768. The van der Waals surface area contributed by atoms with Crippen molar-refractivity contribution in [2.75, 3.05) is 5.73 Å². The molecule has 0 bridgehead atoms. The molecule has 1 fully saturated rings. The van der Waals surface area contributed by atoms with E-state index in [-0.39, 0.29) is 24.6 Å². The number of benzene rings is 1. The van der Waals surface area contributed by atoms with E-state index >= 15 is 0 Å². The molecule has 2 aromatic heterocycles. The Kier molecular flexibility index (Phi) is 5.38. The van der Waals surface area contributed by atoms with Crippen LogP contribution in [0.4, 0.5) is 5.82 Å². The highest BCUT2D eigenvalue weighted by atomic mass is 16.6. The van der Waals surface area contributed by atoms with Gasteiger partial charge in [-0.3, -0.25) is 9.36 Å². The number of nitrogens with two attached hydrogens (primary N) is 1. The van der Waals surface area contributed by atoms with Crippen LogP contribution >= 0.6 is 0 Å². The Morgan fingerprint density at radius 2 is 1.97 bits per heavy atom. The van der Waals surface area contributed by atoms with Gasteiger partial charge < -0.3 is 26.0 Å². The summed E-state index contributed by atoms with van der Waals surface area (Å²) >= 11 is 0. The number of nitrogen functional groups attached to an aromatic ring is 1. The van der Waals surface area contributed by atoms with Crippen molar-refractivity contribution in [2.24, 2.45) is 0 Å². The molecule has 152 valence electrons. The Morgan fingerprint density at radius 3 is 2.76 bits per heavy atom. The zero-order valence-corrected chi connectivity index (χ0v) is 15.5. The van der Waals surface area contributed by atoms with Crippen LogP contribution < -0.4 is 11.1 Å². The van der Waals surface area contributed by atoms with Crippen LogP contribution in [0.25, 0.3) is 11.2 Å². The number of anilines is 1. The third-order valence-corrected chi connectivity index (χ3v) is 4.99. The third-order valence-electron chi connectivity index (χ3n) is 4.99. The summed E-state index contributed by atoms with van der Waals surface area (Å²) in [5, 5.41) is 23.7. The van der Waals surface area contributed by atoms with Crippen LogP contribution in [0.2, 0.25) is 0 Å². The summed E-state index contributed by atoms with van der Waals surface area (Å²) in [7, 11) is 0. The maximum atomic E-state index is 12.1. The normalized spacial score (nSPS) is 24.1. The predicted molar refractivity (Wildman–Crippen MR) is 103 cm³/mol. The van der Waals surface area contributed by atoms with Crippen molar-refractivity contribution in [2.45, 2.75) is 43.9 Å². The number of aromatic nitrogens is 4. The Hall–Kier alpha value is -3.08. The Labute approximate surface area is 166 Å². The highest BCUT2D eigenvalue weighted by Gasteiger charge is 2.44. The largest absolute Gasteiger partial charge is 0.388 e. The zero-order chi connectivity index (χ0) is 20.4. The predicted octanol–water partition coefficient (Wildman–Crippen LogP) is 0.124. The van der Waals surface area contributed by atoms with Gasteiger partial charge in [0.1, 0.15) is 24.1 Å².